The normalized spacial score (nSPS) is 14.2. The maximum Gasteiger partial charge on any atom is 0.312 e. The van der Waals surface area contributed by atoms with E-state index in [1.807, 2.05) is 0 Å². The van der Waals surface area contributed by atoms with Crippen LogP contribution in [-0.2, 0) is 0 Å². The van der Waals surface area contributed by atoms with Crippen LogP contribution in [0.15, 0.2) is 22.7 Å². The summed E-state index contributed by atoms with van der Waals surface area (Å²) >= 11 is 2.99. The van der Waals surface area contributed by atoms with Crippen molar-refractivity contribution >= 4 is 21.6 Å². The van der Waals surface area contributed by atoms with Gasteiger partial charge in [0.2, 0.25) is 5.75 Å². The van der Waals surface area contributed by atoms with E-state index in [9.17, 15) is 10.1 Å². The topological polar surface area (TPSA) is 52.4 Å². The minimum atomic E-state index is -2.71. The first-order chi connectivity index (χ1) is 6.81. The van der Waals surface area contributed by atoms with Crippen molar-refractivity contribution in [2.45, 2.75) is 0 Å². The number of benzene rings is 1. The zero-order valence-electron chi connectivity index (χ0n) is 8.78. The van der Waals surface area contributed by atoms with Crippen molar-refractivity contribution in [1.29, 1.82) is 0 Å². The fourth-order valence-corrected chi connectivity index (χ4v) is 1.18. The third-order valence-electron chi connectivity index (χ3n) is 1.24. The van der Waals surface area contributed by atoms with E-state index in [1.54, 1.807) is 0 Å². The number of para-hydroxylation sites is 1. The third kappa shape index (κ3) is 1.55. The smallest absolute Gasteiger partial charge is 0.312 e. The molecule has 12 heavy (non-hydrogen) atoms. The molecule has 5 heteroatoms. The predicted octanol–water partition coefficient (Wildman–Crippen LogP) is 2.37. The Balaban J connectivity index is 3.19. The molecule has 0 amide bonds. The average molecular weight is 235 g/mol. The number of rotatable bonds is 2. The third-order valence-corrected chi connectivity index (χ3v) is 1.87. The molecular formula is C7H6BrNO3. The van der Waals surface area contributed by atoms with Crippen LogP contribution in [0.5, 0.6) is 5.75 Å². The zero-order chi connectivity index (χ0) is 11.6. The Morgan fingerprint density at radius 3 is 3.08 bits per heavy atom. The molecule has 0 aliphatic heterocycles. The highest BCUT2D eigenvalue weighted by molar-refractivity contribution is 9.10. The summed E-state index contributed by atoms with van der Waals surface area (Å²) in [7, 11) is -2.71. The molecule has 0 bridgehead atoms. The molecule has 0 radical (unpaired) electrons. The van der Waals surface area contributed by atoms with Crippen molar-refractivity contribution in [2.75, 3.05) is 7.04 Å². The lowest BCUT2D eigenvalue weighted by molar-refractivity contribution is -0.385. The van der Waals surface area contributed by atoms with Crippen LogP contribution in [0, 0.1) is 10.1 Å². The van der Waals surface area contributed by atoms with Crippen molar-refractivity contribution in [3.8, 4) is 5.75 Å². The first-order valence-corrected chi connectivity index (χ1v) is 3.72. The van der Waals surface area contributed by atoms with Crippen LogP contribution >= 0.6 is 15.9 Å². The fourth-order valence-electron chi connectivity index (χ4n) is 0.742. The molecule has 0 aliphatic rings. The number of nitrogens with zero attached hydrogens (tertiary/aromatic N) is 1. The number of ether oxygens (including phenoxy) is 1. The molecule has 4 nitrogen and oxygen atoms in total. The second-order valence-corrected chi connectivity index (χ2v) is 2.80. The van der Waals surface area contributed by atoms with E-state index in [4.69, 9.17) is 4.11 Å². The van der Waals surface area contributed by atoms with E-state index < -0.39 is 12.0 Å². The molecule has 1 aromatic rings. The maximum atomic E-state index is 10.6. The van der Waals surface area contributed by atoms with Gasteiger partial charge in [-0.15, -0.1) is 0 Å². The van der Waals surface area contributed by atoms with Gasteiger partial charge in [-0.1, -0.05) is 6.07 Å². The number of hydrogen-bond acceptors (Lipinski definition) is 3. The van der Waals surface area contributed by atoms with Crippen LogP contribution in [0.25, 0.3) is 0 Å². The largest absolute Gasteiger partial charge is 0.489 e. The zero-order valence-corrected chi connectivity index (χ0v) is 7.37. The summed E-state index contributed by atoms with van der Waals surface area (Å²) < 4.78 is 25.4. The molecule has 64 valence electrons. The quantitative estimate of drug-likeness (QED) is 0.584. The van der Waals surface area contributed by atoms with Gasteiger partial charge in [-0.25, -0.2) is 0 Å². The molecule has 1 aromatic carbocycles. The number of nitro benzene ring substituents is 1. The number of nitro groups is 1. The Morgan fingerprint density at radius 2 is 2.50 bits per heavy atom. The lowest BCUT2D eigenvalue weighted by Gasteiger charge is -2.02. The van der Waals surface area contributed by atoms with E-state index >= 15 is 0 Å². The van der Waals surface area contributed by atoms with Gasteiger partial charge in [0.1, 0.15) is 0 Å². The summed E-state index contributed by atoms with van der Waals surface area (Å²) in [5, 5.41) is 10.6. The van der Waals surface area contributed by atoms with Crippen LogP contribution < -0.4 is 4.74 Å². The summed E-state index contributed by atoms with van der Waals surface area (Å²) in [6.07, 6.45) is 0. The van der Waals surface area contributed by atoms with Gasteiger partial charge in [-0.05, 0) is 22.0 Å². The Bertz CT molecular complexity index is 394. The summed E-state index contributed by atoms with van der Waals surface area (Å²) in [6, 6.07) is 4.06. The fraction of sp³-hybridized carbons (Fsp3) is 0.143. The van der Waals surface area contributed by atoms with E-state index in [0.717, 1.165) is 0 Å². The number of halogens is 1. The summed E-state index contributed by atoms with van der Waals surface area (Å²) in [4.78, 5) is 9.88. The molecule has 0 atom stereocenters. The predicted molar refractivity (Wildman–Crippen MR) is 47.3 cm³/mol. The second kappa shape index (κ2) is 3.53. The van der Waals surface area contributed by atoms with Crippen LogP contribution in [-0.4, -0.2) is 12.0 Å². The van der Waals surface area contributed by atoms with Gasteiger partial charge in [-0.3, -0.25) is 10.1 Å². The number of methoxy groups -OCH3 is 1. The highest BCUT2D eigenvalue weighted by Gasteiger charge is 2.15. The maximum absolute atomic E-state index is 10.6. The van der Waals surface area contributed by atoms with E-state index in [-0.39, 0.29) is 15.9 Å². The van der Waals surface area contributed by atoms with Crippen molar-refractivity contribution < 1.29 is 13.8 Å². The molecule has 0 spiro atoms. The Morgan fingerprint density at radius 1 is 1.75 bits per heavy atom. The molecule has 0 saturated heterocycles. The van der Waals surface area contributed by atoms with Gasteiger partial charge in [0.15, 0.2) is 0 Å². The van der Waals surface area contributed by atoms with E-state index in [2.05, 4.69) is 20.7 Å². The van der Waals surface area contributed by atoms with Gasteiger partial charge in [0.25, 0.3) is 0 Å². The molecule has 0 fully saturated rings. The van der Waals surface area contributed by atoms with Gasteiger partial charge < -0.3 is 4.74 Å². The van der Waals surface area contributed by atoms with Crippen molar-refractivity contribution in [3.05, 3.63) is 32.8 Å². The standard InChI is InChI=1S/C7H6BrNO3/c1-12-7-5(8)3-2-4-6(7)9(10)11/h2-4H,1H3/i1D3. The van der Waals surface area contributed by atoms with Gasteiger partial charge in [0.05, 0.1) is 20.5 Å². The Hall–Kier alpha value is -1.10. The van der Waals surface area contributed by atoms with Gasteiger partial charge >= 0.3 is 5.69 Å². The van der Waals surface area contributed by atoms with Crippen LogP contribution in [0.3, 0.4) is 0 Å². The summed E-state index contributed by atoms with van der Waals surface area (Å²) in [5.74, 6) is -0.289. The molecule has 0 unspecified atom stereocenters. The first kappa shape index (κ1) is 5.53. The van der Waals surface area contributed by atoms with E-state index in [1.165, 1.54) is 18.2 Å². The van der Waals surface area contributed by atoms with Gasteiger partial charge in [0, 0.05) is 6.07 Å². The Labute approximate surface area is 81.6 Å². The molecule has 1 rings (SSSR count). The van der Waals surface area contributed by atoms with Crippen molar-refractivity contribution in [3.63, 3.8) is 0 Å². The molecule has 0 aromatic heterocycles. The molecule has 0 saturated carbocycles. The van der Waals surface area contributed by atoms with Gasteiger partial charge in [-0.2, -0.15) is 0 Å². The lowest BCUT2D eigenvalue weighted by Crippen LogP contribution is -1.93. The monoisotopic (exact) mass is 234 g/mol. The summed E-state index contributed by atoms with van der Waals surface area (Å²) in [5.41, 5.74) is -0.388. The first-order valence-electron chi connectivity index (χ1n) is 4.43. The lowest BCUT2D eigenvalue weighted by atomic mass is 10.3. The van der Waals surface area contributed by atoms with Crippen molar-refractivity contribution in [1.82, 2.24) is 0 Å². The Kier molecular flexibility index (Phi) is 1.63. The SMILES string of the molecule is [2H]C([2H])([2H])Oc1c(Br)cccc1[N+](=O)[O-]. The van der Waals surface area contributed by atoms with Crippen molar-refractivity contribution in [2.24, 2.45) is 0 Å². The second-order valence-electron chi connectivity index (χ2n) is 1.95. The van der Waals surface area contributed by atoms with Crippen LogP contribution in [0.4, 0.5) is 5.69 Å². The van der Waals surface area contributed by atoms with Crippen LogP contribution in [0.1, 0.15) is 4.11 Å². The highest BCUT2D eigenvalue weighted by Crippen LogP contribution is 2.33. The molecule has 0 N–H and O–H groups in total. The average Bonchev–Trinajstić information content (AvgIpc) is 2.05. The molecular weight excluding hydrogens is 226 g/mol. The van der Waals surface area contributed by atoms with Crippen LogP contribution in [0.2, 0.25) is 0 Å². The highest BCUT2D eigenvalue weighted by atomic mass is 79.9. The summed E-state index contributed by atoms with van der Waals surface area (Å²) in [6.45, 7) is 0. The van der Waals surface area contributed by atoms with E-state index in [0.29, 0.717) is 0 Å². The number of hydrogen-bond donors (Lipinski definition) is 0. The molecule has 0 aliphatic carbocycles. The molecule has 0 heterocycles. The minimum Gasteiger partial charge on any atom is -0.489 e. The minimum absolute atomic E-state index is 0.229.